The summed E-state index contributed by atoms with van der Waals surface area (Å²) in [5.41, 5.74) is 4.22. The lowest BCUT2D eigenvalue weighted by Crippen LogP contribution is -2.20. The lowest BCUT2D eigenvalue weighted by Gasteiger charge is -2.06. The van der Waals surface area contributed by atoms with Crippen molar-refractivity contribution in [2.24, 2.45) is 5.10 Å². The summed E-state index contributed by atoms with van der Waals surface area (Å²) < 4.78 is 12.8. The zero-order chi connectivity index (χ0) is 16.1. The molecule has 0 aliphatic heterocycles. The lowest BCUT2D eigenvalue weighted by molar-refractivity contribution is 0.0955. The Labute approximate surface area is 137 Å². The highest BCUT2D eigenvalue weighted by molar-refractivity contribution is 6.42. The van der Waals surface area contributed by atoms with Gasteiger partial charge in [-0.15, -0.1) is 0 Å². The highest BCUT2D eigenvalue weighted by Crippen LogP contribution is 2.23. The fourth-order valence-corrected chi connectivity index (χ4v) is 2.11. The van der Waals surface area contributed by atoms with Crippen LogP contribution in [0.5, 0.6) is 0 Å². The molecule has 0 atom stereocenters. The number of nitrogens with zero attached hydrogens (tertiary/aromatic N) is 1. The van der Waals surface area contributed by atoms with Gasteiger partial charge in [-0.2, -0.15) is 5.10 Å². The van der Waals surface area contributed by atoms with Crippen LogP contribution in [0.2, 0.25) is 10.0 Å². The predicted molar refractivity (Wildman–Crippen MR) is 87.2 cm³/mol. The Bertz CT molecular complexity index is 715. The molecule has 0 fully saturated rings. The molecule has 2 aromatic rings. The van der Waals surface area contributed by atoms with Crippen molar-refractivity contribution < 1.29 is 9.18 Å². The number of hydrazone groups is 1. The van der Waals surface area contributed by atoms with Crippen LogP contribution in [0.3, 0.4) is 0 Å². The molecule has 0 aromatic heterocycles. The first kappa shape index (κ1) is 16.5. The van der Waals surface area contributed by atoms with Gasteiger partial charge in [0.05, 0.1) is 15.8 Å². The lowest BCUT2D eigenvalue weighted by atomic mass is 10.1. The van der Waals surface area contributed by atoms with E-state index in [0.717, 1.165) is 5.56 Å². The van der Waals surface area contributed by atoms with Crippen LogP contribution in [0.15, 0.2) is 47.6 Å². The molecule has 0 saturated carbocycles. The molecule has 1 N–H and O–H groups in total. The summed E-state index contributed by atoms with van der Waals surface area (Å²) in [5.74, 6) is -0.809. The van der Waals surface area contributed by atoms with E-state index in [9.17, 15) is 9.18 Å². The highest BCUT2D eigenvalue weighted by Gasteiger charge is 2.08. The van der Waals surface area contributed by atoms with E-state index in [1.807, 2.05) is 6.92 Å². The van der Waals surface area contributed by atoms with Gasteiger partial charge in [-0.1, -0.05) is 36.2 Å². The summed E-state index contributed by atoms with van der Waals surface area (Å²) in [6.45, 7) is 1.91. The molecule has 0 bridgehead atoms. The van der Waals surface area contributed by atoms with E-state index in [1.165, 1.54) is 24.3 Å². The third kappa shape index (κ3) is 4.06. The number of benzene rings is 2. The zero-order valence-corrected chi connectivity index (χ0v) is 13.2. The van der Waals surface area contributed by atoms with Gasteiger partial charge in [0.1, 0.15) is 5.82 Å². The first-order valence-corrected chi connectivity index (χ1v) is 7.34. The minimum absolute atomic E-state index is 0.328. The first-order valence-electron chi connectivity index (χ1n) is 6.59. The Morgan fingerprint density at radius 3 is 2.32 bits per heavy atom. The average molecular weight is 339 g/mol. The average Bonchev–Trinajstić information content (AvgIpc) is 2.51. The highest BCUT2D eigenvalue weighted by atomic mass is 35.5. The van der Waals surface area contributed by atoms with Crippen molar-refractivity contribution in [3.63, 3.8) is 0 Å². The van der Waals surface area contributed by atoms with Gasteiger partial charge >= 0.3 is 0 Å². The predicted octanol–water partition coefficient (Wildman–Crippen LogP) is 4.68. The van der Waals surface area contributed by atoms with Gasteiger partial charge < -0.3 is 0 Å². The molecule has 0 aliphatic carbocycles. The molecule has 22 heavy (non-hydrogen) atoms. The van der Waals surface area contributed by atoms with Gasteiger partial charge in [-0.05, 0) is 48.4 Å². The van der Waals surface area contributed by atoms with Crippen molar-refractivity contribution in [2.45, 2.75) is 13.3 Å². The van der Waals surface area contributed by atoms with Gasteiger partial charge in [0, 0.05) is 5.56 Å². The van der Waals surface area contributed by atoms with Crippen LogP contribution in [0.4, 0.5) is 4.39 Å². The molecule has 2 aromatic carbocycles. The maximum absolute atomic E-state index is 12.8. The van der Waals surface area contributed by atoms with E-state index in [-0.39, 0.29) is 0 Å². The molecular formula is C16H13Cl2FN2O. The second-order valence-electron chi connectivity index (χ2n) is 4.49. The zero-order valence-electron chi connectivity index (χ0n) is 11.7. The summed E-state index contributed by atoms with van der Waals surface area (Å²) in [7, 11) is 0. The minimum atomic E-state index is -0.411. The minimum Gasteiger partial charge on any atom is -0.267 e. The fraction of sp³-hybridized carbons (Fsp3) is 0.125. The van der Waals surface area contributed by atoms with Crippen molar-refractivity contribution in [3.8, 4) is 0 Å². The van der Waals surface area contributed by atoms with E-state index in [4.69, 9.17) is 23.2 Å². The van der Waals surface area contributed by atoms with Crippen LogP contribution < -0.4 is 5.43 Å². The SMILES string of the molecule is CC/C(=N\NC(=O)c1ccc(F)cc1)c1ccc(Cl)c(Cl)c1. The van der Waals surface area contributed by atoms with E-state index < -0.39 is 11.7 Å². The van der Waals surface area contributed by atoms with Crippen LogP contribution in [0.1, 0.15) is 29.3 Å². The Morgan fingerprint density at radius 1 is 1.09 bits per heavy atom. The van der Waals surface area contributed by atoms with Crippen LogP contribution in [0, 0.1) is 5.82 Å². The van der Waals surface area contributed by atoms with E-state index >= 15 is 0 Å². The molecule has 3 nitrogen and oxygen atoms in total. The Hall–Kier alpha value is -1.91. The summed E-state index contributed by atoms with van der Waals surface area (Å²) in [5, 5.41) is 4.98. The fourth-order valence-electron chi connectivity index (χ4n) is 1.81. The van der Waals surface area contributed by atoms with Gasteiger partial charge in [0.15, 0.2) is 0 Å². The van der Waals surface area contributed by atoms with Gasteiger partial charge in [-0.3, -0.25) is 4.79 Å². The molecule has 1 amide bonds. The molecule has 0 heterocycles. The largest absolute Gasteiger partial charge is 0.271 e. The standard InChI is InChI=1S/C16H13Cl2FN2O/c1-2-15(11-5-8-13(17)14(18)9-11)20-21-16(22)10-3-6-12(19)7-4-10/h3-9H,2H2,1H3,(H,21,22)/b20-15+. The van der Waals surface area contributed by atoms with Crippen LogP contribution in [-0.2, 0) is 0 Å². The first-order chi connectivity index (χ1) is 10.5. The number of rotatable bonds is 4. The Morgan fingerprint density at radius 2 is 1.73 bits per heavy atom. The topological polar surface area (TPSA) is 41.5 Å². The van der Waals surface area contributed by atoms with E-state index in [1.54, 1.807) is 18.2 Å². The maximum atomic E-state index is 12.8. The normalized spacial score (nSPS) is 11.4. The van der Waals surface area contributed by atoms with Crippen molar-refractivity contribution in [1.82, 2.24) is 5.43 Å². The molecular weight excluding hydrogens is 326 g/mol. The number of hydrogen-bond acceptors (Lipinski definition) is 2. The van der Waals surface area contributed by atoms with E-state index in [0.29, 0.717) is 27.7 Å². The number of halogens is 3. The van der Waals surface area contributed by atoms with Gasteiger partial charge in [0.2, 0.25) is 0 Å². The molecule has 2 rings (SSSR count). The molecule has 114 valence electrons. The summed E-state index contributed by atoms with van der Waals surface area (Å²) >= 11 is 11.9. The Balaban J connectivity index is 2.16. The van der Waals surface area contributed by atoms with E-state index in [2.05, 4.69) is 10.5 Å². The molecule has 0 saturated heterocycles. The Kier molecular flexibility index (Phi) is 5.52. The van der Waals surface area contributed by atoms with Crippen LogP contribution in [-0.4, -0.2) is 11.6 Å². The van der Waals surface area contributed by atoms with Crippen molar-refractivity contribution in [1.29, 1.82) is 0 Å². The van der Waals surface area contributed by atoms with Crippen LogP contribution >= 0.6 is 23.2 Å². The number of amides is 1. The van der Waals surface area contributed by atoms with Gasteiger partial charge in [0.25, 0.3) is 5.91 Å². The third-order valence-electron chi connectivity index (χ3n) is 2.99. The van der Waals surface area contributed by atoms with Gasteiger partial charge in [-0.25, -0.2) is 9.82 Å². The van der Waals surface area contributed by atoms with Crippen LogP contribution in [0.25, 0.3) is 0 Å². The second kappa shape index (κ2) is 7.38. The van der Waals surface area contributed by atoms with Crippen molar-refractivity contribution in [2.75, 3.05) is 0 Å². The molecule has 6 heteroatoms. The second-order valence-corrected chi connectivity index (χ2v) is 5.30. The molecule has 0 spiro atoms. The van der Waals surface area contributed by atoms with Crippen molar-refractivity contribution >= 4 is 34.8 Å². The smallest absolute Gasteiger partial charge is 0.267 e. The molecule has 0 radical (unpaired) electrons. The summed E-state index contributed by atoms with van der Waals surface area (Å²) in [6.07, 6.45) is 0.599. The molecule has 0 aliphatic rings. The summed E-state index contributed by atoms with van der Waals surface area (Å²) in [4.78, 5) is 11.9. The number of hydrogen-bond donors (Lipinski definition) is 1. The third-order valence-corrected chi connectivity index (χ3v) is 3.73. The number of carbonyl (C=O) groups is 1. The van der Waals surface area contributed by atoms with Crippen molar-refractivity contribution in [3.05, 3.63) is 69.5 Å². The molecule has 0 unspecified atom stereocenters. The number of carbonyl (C=O) groups excluding carboxylic acids is 1. The summed E-state index contributed by atoms with van der Waals surface area (Å²) in [6, 6.07) is 10.4. The maximum Gasteiger partial charge on any atom is 0.271 e. The quantitative estimate of drug-likeness (QED) is 0.638. The monoisotopic (exact) mass is 338 g/mol. The number of nitrogens with one attached hydrogen (secondary N) is 1.